The molecule has 0 fully saturated rings. The third-order valence-corrected chi connectivity index (χ3v) is 2.61. The van der Waals surface area contributed by atoms with Crippen molar-refractivity contribution in [3.63, 3.8) is 0 Å². The van der Waals surface area contributed by atoms with Gasteiger partial charge in [0.2, 0.25) is 16.2 Å². The topological polar surface area (TPSA) is 0 Å². The molecule has 0 aliphatic rings. The van der Waals surface area contributed by atoms with Gasteiger partial charge in [0.05, 0.1) is 0 Å². The van der Waals surface area contributed by atoms with Gasteiger partial charge < -0.3 is 17.3 Å². The molecule has 1 aromatic carbocycles. The molecule has 0 unspecified atom stereocenters. The molecule has 0 N–H and O–H groups in total. The van der Waals surface area contributed by atoms with Gasteiger partial charge in [0.15, 0.2) is 5.38 Å². The fourth-order valence-electron chi connectivity index (χ4n) is 1.11. The first-order chi connectivity index (χ1) is 7.97. The van der Waals surface area contributed by atoms with E-state index in [1.165, 1.54) is 10.4 Å². The van der Waals surface area contributed by atoms with E-state index in [2.05, 4.69) is 47.8 Å². The second-order valence-corrected chi connectivity index (χ2v) is 3.98. The Hall–Kier alpha value is -1.43. The van der Waals surface area contributed by atoms with Gasteiger partial charge in [-0.1, -0.05) is 24.3 Å². The van der Waals surface area contributed by atoms with Crippen LogP contribution in [0.25, 0.3) is 10.4 Å². The van der Waals surface area contributed by atoms with Crippen molar-refractivity contribution >= 4 is 18.6 Å². The molecule has 0 saturated heterocycles. The molecule has 90 valence electrons. The number of hydrogen-bond donors (Lipinski definition) is 0. The van der Waals surface area contributed by atoms with Crippen LogP contribution >= 0.6 is 11.3 Å². The van der Waals surface area contributed by atoms with E-state index in [0.29, 0.717) is 0 Å². The van der Waals surface area contributed by atoms with E-state index in [-0.39, 0.29) is 0 Å². The van der Waals surface area contributed by atoms with Gasteiger partial charge in [-0.15, -0.1) is 0 Å². The first-order valence-corrected chi connectivity index (χ1v) is 5.64. The van der Waals surface area contributed by atoms with Gasteiger partial charge >= 0.3 is 7.25 Å². The summed E-state index contributed by atoms with van der Waals surface area (Å²) in [4.78, 5) is 1.32. The lowest BCUT2D eigenvalue weighted by atomic mass is 10.2. The molecule has 6 heteroatoms. The summed E-state index contributed by atoms with van der Waals surface area (Å²) in [6.07, 6.45) is 0. The Morgan fingerprint density at radius 2 is 1.29 bits per heavy atom. The largest absolute Gasteiger partial charge is 0.673 e. The summed E-state index contributed by atoms with van der Waals surface area (Å²) in [6.45, 7) is 0. The molecular weight excluding hydrogens is 251 g/mol. The zero-order valence-corrected chi connectivity index (χ0v) is 9.51. The summed E-state index contributed by atoms with van der Waals surface area (Å²) < 4.78 is 39.0. The Morgan fingerprint density at radius 1 is 0.765 bits per heavy atom. The molecule has 2 aromatic rings. The van der Waals surface area contributed by atoms with E-state index in [0.717, 1.165) is 0 Å². The molecule has 2 rings (SSSR count). The van der Waals surface area contributed by atoms with Gasteiger partial charge in [0, 0.05) is 11.6 Å². The van der Waals surface area contributed by atoms with Crippen LogP contribution in [0, 0.1) is 0 Å². The minimum Gasteiger partial charge on any atom is -0.418 e. The summed E-state index contributed by atoms with van der Waals surface area (Å²) in [6, 6.07) is 16.7. The number of halogens is 4. The highest BCUT2D eigenvalue weighted by Crippen LogP contribution is 2.22. The molecular formula is C11H9BF4S. The van der Waals surface area contributed by atoms with Crippen LogP contribution in [0.15, 0.2) is 53.9 Å². The van der Waals surface area contributed by atoms with Crippen LogP contribution in [0.4, 0.5) is 17.3 Å². The Morgan fingerprint density at radius 3 is 1.76 bits per heavy atom. The lowest BCUT2D eigenvalue weighted by molar-refractivity contribution is 0.368. The molecule has 0 aliphatic heterocycles. The van der Waals surface area contributed by atoms with Crippen molar-refractivity contribution in [3.8, 4) is 10.4 Å². The Labute approximate surface area is 101 Å². The van der Waals surface area contributed by atoms with Crippen molar-refractivity contribution in [1.29, 1.82) is 0 Å². The highest BCUT2D eigenvalue weighted by molar-refractivity contribution is 7.13. The number of hydrogen-bond acceptors (Lipinski definition) is 0. The molecule has 0 aliphatic carbocycles. The Kier molecular flexibility index (Phi) is 5.09. The molecule has 1 heterocycles. The fourth-order valence-corrected chi connectivity index (χ4v) is 1.85. The molecule has 0 spiro atoms. The highest BCUT2D eigenvalue weighted by Gasteiger charge is 2.20. The van der Waals surface area contributed by atoms with Crippen LogP contribution in [0.3, 0.4) is 0 Å². The molecule has 0 saturated carbocycles. The first kappa shape index (κ1) is 13.6. The Balaban J connectivity index is 0.000000249. The SMILES string of the molecule is F[B-](F)(F)F.c1ccc(-c2cccc[s+]2)cc1. The molecule has 1 aromatic heterocycles. The number of rotatable bonds is 1. The van der Waals surface area contributed by atoms with Crippen molar-refractivity contribution in [2.75, 3.05) is 0 Å². The second-order valence-electron chi connectivity index (χ2n) is 3.03. The van der Waals surface area contributed by atoms with Gasteiger partial charge in [-0.3, -0.25) is 0 Å². The third-order valence-electron chi connectivity index (χ3n) is 1.69. The van der Waals surface area contributed by atoms with E-state index in [1.54, 1.807) is 11.3 Å². The van der Waals surface area contributed by atoms with Crippen LogP contribution in [0.2, 0.25) is 0 Å². The standard InChI is InChI=1S/C11H9S.BF4/c1-2-6-10(7-3-1)11-8-4-5-9-12-11;2-1(3,4)5/h1-9H;/q+1;-1. The van der Waals surface area contributed by atoms with Gasteiger partial charge in [0.1, 0.15) is 0 Å². The maximum Gasteiger partial charge on any atom is 0.673 e. The molecule has 0 bridgehead atoms. The normalized spacial score (nSPS) is 10.4. The Bertz CT molecular complexity index is 387. The lowest BCUT2D eigenvalue weighted by Gasteiger charge is -1.94. The predicted molar refractivity (Wildman–Crippen MR) is 64.3 cm³/mol. The van der Waals surface area contributed by atoms with Crippen molar-refractivity contribution < 1.29 is 17.3 Å². The maximum atomic E-state index is 9.75. The van der Waals surface area contributed by atoms with Crippen molar-refractivity contribution in [3.05, 3.63) is 53.9 Å². The quantitative estimate of drug-likeness (QED) is 0.384. The van der Waals surface area contributed by atoms with Crippen molar-refractivity contribution in [2.24, 2.45) is 0 Å². The summed E-state index contributed by atoms with van der Waals surface area (Å²) >= 11 is 1.77. The van der Waals surface area contributed by atoms with Gasteiger partial charge in [-0.2, -0.15) is 0 Å². The molecule has 0 atom stereocenters. The summed E-state index contributed by atoms with van der Waals surface area (Å²) in [5.41, 5.74) is 1.29. The van der Waals surface area contributed by atoms with E-state index in [4.69, 9.17) is 0 Å². The van der Waals surface area contributed by atoms with Gasteiger partial charge in [0.25, 0.3) is 0 Å². The van der Waals surface area contributed by atoms with Crippen LogP contribution in [-0.2, 0) is 0 Å². The van der Waals surface area contributed by atoms with E-state index in [9.17, 15) is 17.3 Å². The molecule has 0 amide bonds. The minimum atomic E-state index is -6.00. The molecule has 0 nitrogen and oxygen atoms in total. The first-order valence-electron chi connectivity index (χ1n) is 4.76. The zero-order valence-electron chi connectivity index (χ0n) is 8.69. The maximum absolute atomic E-state index is 9.75. The number of benzene rings is 1. The average molecular weight is 260 g/mol. The summed E-state index contributed by atoms with van der Waals surface area (Å²) in [7, 11) is -6.00. The van der Waals surface area contributed by atoms with E-state index >= 15 is 0 Å². The minimum absolute atomic E-state index is 1.29. The van der Waals surface area contributed by atoms with Crippen LogP contribution in [-0.4, -0.2) is 7.25 Å². The van der Waals surface area contributed by atoms with Crippen LogP contribution in [0.5, 0.6) is 0 Å². The van der Waals surface area contributed by atoms with E-state index < -0.39 is 7.25 Å². The highest BCUT2D eigenvalue weighted by atomic mass is 32.1. The van der Waals surface area contributed by atoms with Crippen molar-refractivity contribution in [2.45, 2.75) is 0 Å². The zero-order chi connectivity index (χ0) is 12.7. The average Bonchev–Trinajstić information content (AvgIpc) is 2.29. The van der Waals surface area contributed by atoms with Crippen LogP contribution in [0.1, 0.15) is 0 Å². The molecule has 17 heavy (non-hydrogen) atoms. The van der Waals surface area contributed by atoms with Crippen LogP contribution < -0.4 is 0 Å². The second kappa shape index (κ2) is 6.34. The monoisotopic (exact) mass is 260 g/mol. The van der Waals surface area contributed by atoms with Gasteiger partial charge in [-0.05, 0) is 18.2 Å². The van der Waals surface area contributed by atoms with E-state index in [1.807, 2.05) is 6.07 Å². The third kappa shape index (κ3) is 6.68. The fraction of sp³-hybridized carbons (Fsp3) is 0. The van der Waals surface area contributed by atoms with Gasteiger partial charge in [-0.25, -0.2) is 0 Å². The summed E-state index contributed by atoms with van der Waals surface area (Å²) in [5, 5.41) is 2.10. The van der Waals surface area contributed by atoms with Crippen molar-refractivity contribution in [1.82, 2.24) is 0 Å². The lowest BCUT2D eigenvalue weighted by Crippen LogP contribution is -2.02. The molecule has 0 radical (unpaired) electrons. The smallest absolute Gasteiger partial charge is 0.418 e. The predicted octanol–water partition coefficient (Wildman–Crippen LogP) is 5.00. The summed E-state index contributed by atoms with van der Waals surface area (Å²) in [5.74, 6) is 0.